The maximum Gasteiger partial charge on any atom is 0.271 e. The van der Waals surface area contributed by atoms with Gasteiger partial charge in [-0.05, 0) is 31.4 Å². The first-order valence-corrected chi connectivity index (χ1v) is 10.2. The zero-order valence-electron chi connectivity index (χ0n) is 17.2. The van der Waals surface area contributed by atoms with Gasteiger partial charge >= 0.3 is 0 Å². The predicted molar refractivity (Wildman–Crippen MR) is 112 cm³/mol. The minimum atomic E-state index is -0.267. The number of carbonyl (C=O) groups is 1. The molecule has 2 N–H and O–H groups in total. The normalized spacial score (nSPS) is 16.5. The van der Waals surface area contributed by atoms with Crippen LogP contribution in [-0.4, -0.2) is 41.5 Å². The highest BCUT2D eigenvalue weighted by Gasteiger charge is 2.35. The molecule has 156 valence electrons. The van der Waals surface area contributed by atoms with Gasteiger partial charge in [-0.3, -0.25) is 9.59 Å². The second kappa shape index (κ2) is 9.80. The number of hydrogen-bond acceptors (Lipinski definition) is 5. The second-order valence-corrected chi connectivity index (χ2v) is 7.72. The van der Waals surface area contributed by atoms with Gasteiger partial charge in [0.25, 0.3) is 11.5 Å². The molecule has 1 aromatic carbocycles. The third-order valence-electron chi connectivity index (χ3n) is 5.58. The van der Waals surface area contributed by atoms with E-state index in [2.05, 4.69) is 34.8 Å². The SMILES string of the molecule is COCCn1nc(C(=O)NCC2(NC(C)c3ccccc3)CCCC2)ccc1=O. The second-order valence-electron chi connectivity index (χ2n) is 7.72. The van der Waals surface area contributed by atoms with Gasteiger partial charge in [-0.15, -0.1) is 0 Å². The summed E-state index contributed by atoms with van der Waals surface area (Å²) < 4.78 is 6.26. The highest BCUT2D eigenvalue weighted by atomic mass is 16.5. The lowest BCUT2D eigenvalue weighted by molar-refractivity contribution is 0.0928. The molecule has 1 saturated carbocycles. The molecule has 0 saturated heterocycles. The number of ether oxygens (including phenoxy) is 1. The Labute approximate surface area is 171 Å². The van der Waals surface area contributed by atoms with Crippen LogP contribution >= 0.6 is 0 Å². The summed E-state index contributed by atoms with van der Waals surface area (Å²) in [6.45, 7) is 3.37. The van der Waals surface area contributed by atoms with Gasteiger partial charge in [0.15, 0.2) is 0 Å². The number of nitrogens with zero attached hydrogens (tertiary/aromatic N) is 2. The summed E-state index contributed by atoms with van der Waals surface area (Å²) in [6.07, 6.45) is 4.32. The van der Waals surface area contributed by atoms with Crippen LogP contribution in [0.5, 0.6) is 0 Å². The molecule has 29 heavy (non-hydrogen) atoms. The van der Waals surface area contributed by atoms with E-state index in [1.165, 1.54) is 22.4 Å². The van der Waals surface area contributed by atoms with Gasteiger partial charge in [-0.25, -0.2) is 4.68 Å². The Bertz CT molecular complexity index is 860. The first kappa shape index (κ1) is 21.2. The number of amides is 1. The topological polar surface area (TPSA) is 85.2 Å². The fourth-order valence-corrected chi connectivity index (χ4v) is 3.96. The first-order chi connectivity index (χ1) is 14.0. The van der Waals surface area contributed by atoms with E-state index in [0.717, 1.165) is 25.7 Å². The van der Waals surface area contributed by atoms with Crippen LogP contribution in [-0.2, 0) is 11.3 Å². The molecule has 1 aliphatic carbocycles. The number of aromatic nitrogens is 2. The molecular weight excluding hydrogens is 368 g/mol. The molecule has 1 aromatic heterocycles. The van der Waals surface area contributed by atoms with E-state index < -0.39 is 0 Å². The van der Waals surface area contributed by atoms with Crippen LogP contribution < -0.4 is 16.2 Å². The Hall–Kier alpha value is -2.51. The number of methoxy groups -OCH3 is 1. The lowest BCUT2D eigenvalue weighted by atomic mass is 9.94. The largest absolute Gasteiger partial charge is 0.383 e. The lowest BCUT2D eigenvalue weighted by Crippen LogP contribution is -2.52. The Balaban J connectivity index is 1.66. The van der Waals surface area contributed by atoms with Crippen molar-refractivity contribution in [1.29, 1.82) is 0 Å². The fraction of sp³-hybridized carbons (Fsp3) is 0.500. The Morgan fingerprint density at radius 1 is 1.21 bits per heavy atom. The Morgan fingerprint density at radius 3 is 2.62 bits per heavy atom. The van der Waals surface area contributed by atoms with Crippen molar-refractivity contribution in [1.82, 2.24) is 20.4 Å². The van der Waals surface area contributed by atoms with Gasteiger partial charge in [-0.1, -0.05) is 43.2 Å². The van der Waals surface area contributed by atoms with Gasteiger partial charge < -0.3 is 15.4 Å². The molecule has 3 rings (SSSR count). The van der Waals surface area contributed by atoms with Gasteiger partial charge in [0, 0.05) is 31.3 Å². The first-order valence-electron chi connectivity index (χ1n) is 10.2. The molecule has 1 aliphatic rings. The molecular formula is C22H30N4O3. The number of benzene rings is 1. The van der Waals surface area contributed by atoms with Crippen LogP contribution in [0.25, 0.3) is 0 Å². The summed E-state index contributed by atoms with van der Waals surface area (Å²) in [5.41, 5.74) is 1.10. The smallest absolute Gasteiger partial charge is 0.271 e. The number of rotatable bonds is 9. The maximum absolute atomic E-state index is 12.7. The van der Waals surface area contributed by atoms with Crippen LogP contribution in [0.3, 0.4) is 0 Å². The molecule has 1 amide bonds. The fourth-order valence-electron chi connectivity index (χ4n) is 3.96. The van der Waals surface area contributed by atoms with Crippen molar-refractivity contribution in [3.63, 3.8) is 0 Å². The van der Waals surface area contributed by atoms with E-state index in [-0.39, 0.29) is 28.7 Å². The average molecular weight is 399 g/mol. The van der Waals surface area contributed by atoms with E-state index in [0.29, 0.717) is 19.7 Å². The van der Waals surface area contributed by atoms with Crippen molar-refractivity contribution in [3.05, 3.63) is 64.1 Å². The molecule has 0 bridgehead atoms. The van der Waals surface area contributed by atoms with Crippen LogP contribution in [0, 0.1) is 0 Å². The molecule has 1 atom stereocenters. The standard InChI is InChI=1S/C22H30N4O3/c1-17(18-8-4-3-5-9-18)24-22(12-6-7-13-22)16-23-21(28)19-10-11-20(27)26(25-19)14-15-29-2/h3-5,8-11,17,24H,6-7,12-16H2,1-2H3,(H,23,28). The summed E-state index contributed by atoms with van der Waals surface area (Å²) in [6, 6.07) is 13.4. The van der Waals surface area contributed by atoms with Crippen molar-refractivity contribution in [3.8, 4) is 0 Å². The van der Waals surface area contributed by atoms with Crippen LogP contribution in [0.15, 0.2) is 47.3 Å². The summed E-state index contributed by atoms with van der Waals surface area (Å²) in [5, 5.41) is 11.0. The summed E-state index contributed by atoms with van der Waals surface area (Å²) in [7, 11) is 1.56. The molecule has 1 fully saturated rings. The van der Waals surface area contributed by atoms with E-state index in [4.69, 9.17) is 4.74 Å². The number of carbonyl (C=O) groups excluding carboxylic acids is 1. The molecule has 1 unspecified atom stereocenters. The number of nitrogens with one attached hydrogen (secondary N) is 2. The van der Waals surface area contributed by atoms with Crippen LogP contribution in [0.2, 0.25) is 0 Å². The highest BCUT2D eigenvalue weighted by Crippen LogP contribution is 2.31. The molecule has 0 radical (unpaired) electrons. The highest BCUT2D eigenvalue weighted by molar-refractivity contribution is 5.92. The molecule has 7 nitrogen and oxygen atoms in total. The Kier molecular flexibility index (Phi) is 7.17. The van der Waals surface area contributed by atoms with E-state index in [1.54, 1.807) is 7.11 Å². The summed E-state index contributed by atoms with van der Waals surface area (Å²) >= 11 is 0. The van der Waals surface area contributed by atoms with Crippen LogP contribution in [0.1, 0.15) is 54.7 Å². The monoisotopic (exact) mass is 398 g/mol. The molecule has 7 heteroatoms. The van der Waals surface area contributed by atoms with E-state index >= 15 is 0 Å². The maximum atomic E-state index is 12.7. The van der Waals surface area contributed by atoms with Crippen molar-refractivity contribution < 1.29 is 9.53 Å². The van der Waals surface area contributed by atoms with Crippen molar-refractivity contribution in [2.24, 2.45) is 0 Å². The van der Waals surface area contributed by atoms with Crippen molar-refractivity contribution in [2.75, 3.05) is 20.3 Å². The van der Waals surface area contributed by atoms with E-state index in [9.17, 15) is 9.59 Å². The van der Waals surface area contributed by atoms with Crippen molar-refractivity contribution >= 4 is 5.91 Å². The third-order valence-corrected chi connectivity index (χ3v) is 5.58. The lowest BCUT2D eigenvalue weighted by Gasteiger charge is -2.34. The van der Waals surface area contributed by atoms with Gasteiger partial charge in [0.2, 0.25) is 0 Å². The Morgan fingerprint density at radius 2 is 1.93 bits per heavy atom. The van der Waals surface area contributed by atoms with Gasteiger partial charge in [0.1, 0.15) is 5.69 Å². The average Bonchev–Trinajstić information content (AvgIpc) is 3.20. The predicted octanol–water partition coefficient (Wildman–Crippen LogP) is 2.28. The molecule has 2 aromatic rings. The zero-order valence-corrected chi connectivity index (χ0v) is 17.2. The quantitative estimate of drug-likeness (QED) is 0.677. The molecule has 1 heterocycles. The van der Waals surface area contributed by atoms with Gasteiger partial charge in [-0.2, -0.15) is 5.10 Å². The third kappa shape index (κ3) is 5.52. The number of hydrogen-bond donors (Lipinski definition) is 2. The summed E-state index contributed by atoms with van der Waals surface area (Å²) in [5.74, 6) is -0.267. The molecule has 0 spiro atoms. The minimum absolute atomic E-state index is 0.130. The molecule has 0 aliphatic heterocycles. The van der Waals surface area contributed by atoms with E-state index in [1.807, 2.05) is 18.2 Å². The minimum Gasteiger partial charge on any atom is -0.383 e. The van der Waals surface area contributed by atoms with Crippen LogP contribution in [0.4, 0.5) is 0 Å². The van der Waals surface area contributed by atoms with Gasteiger partial charge in [0.05, 0.1) is 13.2 Å². The summed E-state index contributed by atoms with van der Waals surface area (Å²) in [4.78, 5) is 24.6. The zero-order chi connectivity index (χ0) is 20.7. The van der Waals surface area contributed by atoms with Crippen molar-refractivity contribution in [2.45, 2.75) is 50.7 Å².